The number of esters is 2. The van der Waals surface area contributed by atoms with Crippen molar-refractivity contribution in [3.8, 4) is 0 Å². The third kappa shape index (κ3) is 5.53. The highest BCUT2D eigenvalue weighted by Gasteiger charge is 2.22. The van der Waals surface area contributed by atoms with Crippen LogP contribution < -0.4 is 5.73 Å². The van der Waals surface area contributed by atoms with Crippen molar-refractivity contribution < 1.29 is 19.1 Å². The van der Waals surface area contributed by atoms with E-state index in [9.17, 15) is 9.59 Å². The molecule has 5 nitrogen and oxygen atoms in total. The SMILES string of the molecule is CC(C)(C)C(=O)OCCOC(=O)CN. The van der Waals surface area contributed by atoms with Gasteiger partial charge in [0.15, 0.2) is 0 Å². The zero-order chi connectivity index (χ0) is 11.2. The minimum Gasteiger partial charge on any atom is -0.462 e. The number of rotatable bonds is 4. The van der Waals surface area contributed by atoms with E-state index in [4.69, 9.17) is 10.5 Å². The van der Waals surface area contributed by atoms with E-state index in [1.165, 1.54) is 0 Å². The van der Waals surface area contributed by atoms with Gasteiger partial charge in [-0.05, 0) is 20.8 Å². The van der Waals surface area contributed by atoms with Crippen molar-refractivity contribution in [1.82, 2.24) is 0 Å². The summed E-state index contributed by atoms with van der Waals surface area (Å²) in [6.45, 7) is 5.22. The van der Waals surface area contributed by atoms with Crippen molar-refractivity contribution in [2.24, 2.45) is 11.1 Å². The Morgan fingerprint density at radius 1 is 1.14 bits per heavy atom. The third-order valence-corrected chi connectivity index (χ3v) is 1.36. The molecule has 0 aliphatic rings. The van der Waals surface area contributed by atoms with Crippen LogP contribution in [0.2, 0.25) is 0 Å². The summed E-state index contributed by atoms with van der Waals surface area (Å²) in [6, 6.07) is 0. The summed E-state index contributed by atoms with van der Waals surface area (Å²) in [6.07, 6.45) is 0. The topological polar surface area (TPSA) is 78.6 Å². The Bertz CT molecular complexity index is 207. The van der Waals surface area contributed by atoms with Crippen LogP contribution in [0.3, 0.4) is 0 Å². The molecule has 0 aliphatic carbocycles. The van der Waals surface area contributed by atoms with Gasteiger partial charge in [0.2, 0.25) is 0 Å². The molecule has 0 heterocycles. The molecule has 0 aromatic rings. The molecule has 0 saturated heterocycles. The first-order valence-electron chi connectivity index (χ1n) is 4.41. The van der Waals surface area contributed by atoms with Crippen LogP contribution >= 0.6 is 0 Å². The van der Waals surface area contributed by atoms with Crippen molar-refractivity contribution in [3.63, 3.8) is 0 Å². The van der Waals surface area contributed by atoms with E-state index in [0.29, 0.717) is 0 Å². The first kappa shape index (κ1) is 12.9. The molecular weight excluding hydrogens is 186 g/mol. The highest BCUT2D eigenvalue weighted by Crippen LogP contribution is 2.14. The summed E-state index contributed by atoms with van der Waals surface area (Å²) in [5, 5.41) is 0. The van der Waals surface area contributed by atoms with Gasteiger partial charge >= 0.3 is 11.9 Å². The molecule has 0 amide bonds. The number of nitrogens with two attached hydrogens (primary N) is 1. The Morgan fingerprint density at radius 2 is 1.64 bits per heavy atom. The second kappa shape index (κ2) is 5.59. The van der Waals surface area contributed by atoms with Gasteiger partial charge in [-0.15, -0.1) is 0 Å². The molecule has 82 valence electrons. The second-order valence-corrected chi connectivity index (χ2v) is 3.81. The van der Waals surface area contributed by atoms with Gasteiger partial charge in [0.25, 0.3) is 0 Å². The lowest BCUT2D eigenvalue weighted by molar-refractivity contribution is -0.157. The van der Waals surface area contributed by atoms with E-state index >= 15 is 0 Å². The molecule has 0 fully saturated rings. The molecule has 0 aromatic carbocycles. The maximum Gasteiger partial charge on any atom is 0.319 e. The molecular formula is C9H17NO4. The van der Waals surface area contributed by atoms with E-state index in [-0.39, 0.29) is 25.7 Å². The van der Waals surface area contributed by atoms with Gasteiger partial charge in [-0.2, -0.15) is 0 Å². The van der Waals surface area contributed by atoms with E-state index < -0.39 is 11.4 Å². The molecule has 0 aromatic heterocycles. The third-order valence-electron chi connectivity index (χ3n) is 1.36. The van der Waals surface area contributed by atoms with E-state index in [2.05, 4.69) is 4.74 Å². The van der Waals surface area contributed by atoms with Crippen LogP contribution in [-0.4, -0.2) is 31.7 Å². The molecule has 5 heteroatoms. The van der Waals surface area contributed by atoms with E-state index in [1.807, 2.05) is 0 Å². The summed E-state index contributed by atoms with van der Waals surface area (Å²) in [5.74, 6) is -0.821. The van der Waals surface area contributed by atoms with Crippen LogP contribution in [0.4, 0.5) is 0 Å². The Kier molecular flexibility index (Phi) is 5.15. The Morgan fingerprint density at radius 3 is 2.07 bits per heavy atom. The monoisotopic (exact) mass is 203 g/mol. The average molecular weight is 203 g/mol. The largest absolute Gasteiger partial charge is 0.462 e. The number of carbonyl (C=O) groups is 2. The van der Waals surface area contributed by atoms with Crippen molar-refractivity contribution in [2.75, 3.05) is 19.8 Å². The smallest absolute Gasteiger partial charge is 0.319 e. The molecule has 0 bridgehead atoms. The number of ether oxygens (including phenoxy) is 2. The Labute approximate surface area is 83.5 Å². The molecule has 0 aliphatic heterocycles. The quantitative estimate of drug-likeness (QED) is 0.517. The minimum atomic E-state index is -0.530. The van der Waals surface area contributed by atoms with Crippen LogP contribution in [0.15, 0.2) is 0 Å². The highest BCUT2D eigenvalue weighted by molar-refractivity contribution is 5.75. The maximum atomic E-state index is 11.2. The zero-order valence-electron chi connectivity index (χ0n) is 8.83. The van der Waals surface area contributed by atoms with E-state index in [0.717, 1.165) is 0 Å². The fourth-order valence-electron chi connectivity index (χ4n) is 0.565. The molecule has 0 saturated carbocycles. The van der Waals surface area contributed by atoms with Crippen LogP contribution in [0.1, 0.15) is 20.8 Å². The summed E-state index contributed by atoms with van der Waals surface area (Å²) >= 11 is 0. The zero-order valence-corrected chi connectivity index (χ0v) is 8.83. The van der Waals surface area contributed by atoms with Gasteiger partial charge in [0, 0.05) is 0 Å². The normalized spacial score (nSPS) is 10.9. The Balaban J connectivity index is 3.56. The van der Waals surface area contributed by atoms with Crippen LogP contribution in [0.25, 0.3) is 0 Å². The fraction of sp³-hybridized carbons (Fsp3) is 0.778. The van der Waals surface area contributed by atoms with Crippen molar-refractivity contribution >= 4 is 11.9 Å². The molecule has 0 spiro atoms. The van der Waals surface area contributed by atoms with Gasteiger partial charge in [-0.3, -0.25) is 9.59 Å². The molecule has 2 N–H and O–H groups in total. The lowest BCUT2D eigenvalue weighted by Crippen LogP contribution is -2.25. The minimum absolute atomic E-state index is 0.0534. The van der Waals surface area contributed by atoms with Crippen molar-refractivity contribution in [1.29, 1.82) is 0 Å². The standard InChI is InChI=1S/C9H17NO4/c1-9(2,3)8(12)14-5-4-13-7(11)6-10/h4-6,10H2,1-3H3. The highest BCUT2D eigenvalue weighted by atomic mass is 16.6. The summed E-state index contributed by atoms with van der Waals surface area (Å²) < 4.78 is 9.46. The lowest BCUT2D eigenvalue weighted by Gasteiger charge is -2.16. The van der Waals surface area contributed by atoms with Crippen LogP contribution in [-0.2, 0) is 19.1 Å². The first-order chi connectivity index (χ1) is 6.38. The molecule has 0 radical (unpaired) electrons. The summed E-state index contributed by atoms with van der Waals surface area (Å²) in [5.41, 5.74) is 4.47. The van der Waals surface area contributed by atoms with Gasteiger partial charge in [-0.25, -0.2) is 0 Å². The van der Waals surface area contributed by atoms with Gasteiger partial charge in [-0.1, -0.05) is 0 Å². The molecule has 0 unspecified atom stereocenters. The summed E-state index contributed by atoms with van der Waals surface area (Å²) in [7, 11) is 0. The molecule has 0 atom stereocenters. The van der Waals surface area contributed by atoms with Crippen molar-refractivity contribution in [3.05, 3.63) is 0 Å². The van der Waals surface area contributed by atoms with E-state index in [1.54, 1.807) is 20.8 Å². The van der Waals surface area contributed by atoms with Gasteiger partial charge in [0.1, 0.15) is 13.2 Å². The fourth-order valence-corrected chi connectivity index (χ4v) is 0.565. The van der Waals surface area contributed by atoms with Gasteiger partial charge in [0.05, 0.1) is 12.0 Å². The molecule has 0 rings (SSSR count). The van der Waals surface area contributed by atoms with Crippen LogP contribution in [0, 0.1) is 5.41 Å². The Hall–Kier alpha value is -1.10. The number of hydrogen-bond acceptors (Lipinski definition) is 5. The molecule has 14 heavy (non-hydrogen) atoms. The predicted molar refractivity (Wildman–Crippen MR) is 50.4 cm³/mol. The van der Waals surface area contributed by atoms with Gasteiger partial charge < -0.3 is 15.2 Å². The van der Waals surface area contributed by atoms with Crippen LogP contribution in [0.5, 0.6) is 0 Å². The first-order valence-corrected chi connectivity index (χ1v) is 4.41. The second-order valence-electron chi connectivity index (χ2n) is 3.81. The van der Waals surface area contributed by atoms with Crippen molar-refractivity contribution in [2.45, 2.75) is 20.8 Å². The predicted octanol–water partition coefficient (Wildman–Crippen LogP) is 0.0776. The maximum absolute atomic E-state index is 11.2. The number of hydrogen-bond donors (Lipinski definition) is 1. The lowest BCUT2D eigenvalue weighted by atomic mass is 9.97. The average Bonchev–Trinajstić information content (AvgIpc) is 2.09. The summed E-state index contributed by atoms with van der Waals surface area (Å²) in [4.78, 5) is 21.8. The number of carbonyl (C=O) groups excluding carboxylic acids is 2.